The molecule has 2 unspecified atom stereocenters. The van der Waals surface area contributed by atoms with Crippen molar-refractivity contribution in [1.82, 2.24) is 15.5 Å². The second-order valence-electron chi connectivity index (χ2n) is 13.3. The lowest BCUT2D eigenvalue weighted by molar-refractivity contribution is -0.132. The summed E-state index contributed by atoms with van der Waals surface area (Å²) in [6.45, 7) is 13.0. The fourth-order valence-corrected chi connectivity index (χ4v) is 5.98. The van der Waals surface area contributed by atoms with E-state index in [2.05, 4.69) is 36.3 Å². The van der Waals surface area contributed by atoms with Crippen LogP contribution >= 0.6 is 0 Å². The lowest BCUT2D eigenvalue weighted by Gasteiger charge is -2.38. The van der Waals surface area contributed by atoms with Crippen LogP contribution in [0.1, 0.15) is 86.5 Å². The van der Waals surface area contributed by atoms with Gasteiger partial charge in [-0.3, -0.25) is 14.5 Å². The summed E-state index contributed by atoms with van der Waals surface area (Å²) < 4.78 is 5.51. The van der Waals surface area contributed by atoms with E-state index < -0.39 is 29.7 Å². The number of aliphatic hydroxyl groups excluding tert-OH is 1. The van der Waals surface area contributed by atoms with Crippen molar-refractivity contribution in [3.8, 4) is 0 Å². The largest absolute Gasteiger partial charge is 0.444 e. The predicted octanol–water partition coefficient (Wildman–Crippen LogP) is 2.55. The van der Waals surface area contributed by atoms with Crippen molar-refractivity contribution < 1.29 is 24.2 Å². The number of likely N-dealkylation sites (tertiary alicyclic amines) is 1. The van der Waals surface area contributed by atoms with Gasteiger partial charge in [0.05, 0.1) is 12.1 Å². The second-order valence-corrected chi connectivity index (χ2v) is 13.3. The van der Waals surface area contributed by atoms with Gasteiger partial charge in [-0.1, -0.05) is 46.5 Å². The second kappa shape index (κ2) is 11.3. The van der Waals surface area contributed by atoms with Crippen molar-refractivity contribution in [2.75, 3.05) is 13.1 Å². The first kappa shape index (κ1) is 28.7. The summed E-state index contributed by atoms with van der Waals surface area (Å²) in [6, 6.07) is -1.28. The van der Waals surface area contributed by atoms with Crippen LogP contribution in [0.3, 0.4) is 0 Å². The summed E-state index contributed by atoms with van der Waals surface area (Å²) in [5.41, 5.74) is 4.55. The van der Waals surface area contributed by atoms with Crippen molar-refractivity contribution in [3.63, 3.8) is 0 Å². The maximum Gasteiger partial charge on any atom is 0.407 e. The topological polar surface area (TPSA) is 134 Å². The number of alkyl carbamates (subject to hydrolysis) is 1. The van der Waals surface area contributed by atoms with Crippen LogP contribution in [0.25, 0.3) is 0 Å². The molecular formula is C27H48N4O5. The zero-order chi connectivity index (χ0) is 26.8. The fraction of sp³-hybridized carbons (Fsp3) is 0.889. The highest BCUT2D eigenvalue weighted by Gasteiger charge is 2.49. The van der Waals surface area contributed by atoms with Crippen LogP contribution in [-0.2, 0) is 14.3 Å². The summed E-state index contributed by atoms with van der Waals surface area (Å²) in [4.78, 5) is 40.3. The summed E-state index contributed by atoms with van der Waals surface area (Å²) in [5, 5.41) is 16.5. The Bertz CT molecular complexity index is 801. The molecule has 2 saturated carbocycles. The molecule has 3 fully saturated rings. The van der Waals surface area contributed by atoms with E-state index in [9.17, 15) is 19.5 Å². The molecule has 3 amide bonds. The Labute approximate surface area is 216 Å². The predicted molar refractivity (Wildman–Crippen MR) is 138 cm³/mol. The molecule has 0 spiro atoms. The fourth-order valence-electron chi connectivity index (χ4n) is 5.98. The number of amides is 3. The molecule has 9 nitrogen and oxygen atoms in total. The van der Waals surface area contributed by atoms with Gasteiger partial charge in [0.1, 0.15) is 5.60 Å². The molecule has 0 aromatic rings. The van der Waals surface area contributed by atoms with E-state index in [1.165, 1.54) is 0 Å². The first-order chi connectivity index (χ1) is 16.7. The quantitative estimate of drug-likeness (QED) is 0.378. The standard InChI is InChI=1S/C27H48N4O5/c1-26(2,3)20(30-25(35)36-27(4,5)6)15-31-14-17-11-8-12-18(17)21(31)24(34)29-19(22(32)23(28)33)13-16-9-7-10-16/h16-22,32H,7-15H2,1-6H3,(H2,28,33)(H,29,34)(H,30,35)/t17-,18-,19?,20+,21-,22?/m0/s1. The Balaban J connectivity index is 1.76. The average Bonchev–Trinajstić information content (AvgIpc) is 3.26. The van der Waals surface area contributed by atoms with Gasteiger partial charge in [0, 0.05) is 19.1 Å². The number of fused-ring (bicyclic) bond motifs is 1. The van der Waals surface area contributed by atoms with Gasteiger partial charge in [-0.15, -0.1) is 0 Å². The molecule has 0 radical (unpaired) electrons. The Morgan fingerprint density at radius 1 is 1.03 bits per heavy atom. The number of nitrogens with zero attached hydrogens (tertiary/aromatic N) is 1. The number of nitrogens with one attached hydrogen (secondary N) is 2. The lowest BCUT2D eigenvalue weighted by Crippen LogP contribution is -2.58. The summed E-state index contributed by atoms with van der Waals surface area (Å²) >= 11 is 0. The maximum absolute atomic E-state index is 13.7. The molecule has 0 bridgehead atoms. The minimum Gasteiger partial charge on any atom is -0.444 e. The third kappa shape index (κ3) is 7.34. The van der Waals surface area contributed by atoms with Crippen molar-refractivity contribution in [2.45, 2.75) is 116 Å². The molecule has 9 heteroatoms. The normalized spacial score (nSPS) is 27.5. The van der Waals surface area contributed by atoms with Gasteiger partial charge >= 0.3 is 6.09 Å². The molecule has 36 heavy (non-hydrogen) atoms. The van der Waals surface area contributed by atoms with Crippen LogP contribution in [-0.4, -0.2) is 70.8 Å². The number of hydrogen-bond donors (Lipinski definition) is 4. The Kier molecular flexibility index (Phi) is 8.97. The van der Waals surface area contributed by atoms with E-state index in [1.807, 2.05) is 20.8 Å². The molecule has 0 aromatic heterocycles. The van der Waals surface area contributed by atoms with E-state index in [4.69, 9.17) is 10.5 Å². The first-order valence-corrected chi connectivity index (χ1v) is 13.7. The Hall–Kier alpha value is -1.87. The van der Waals surface area contributed by atoms with Crippen LogP contribution in [0, 0.1) is 23.2 Å². The highest BCUT2D eigenvalue weighted by molar-refractivity contribution is 5.85. The van der Waals surface area contributed by atoms with Gasteiger partial charge in [-0.2, -0.15) is 0 Å². The van der Waals surface area contributed by atoms with Crippen LogP contribution < -0.4 is 16.4 Å². The lowest BCUT2D eigenvalue weighted by atomic mass is 9.79. The summed E-state index contributed by atoms with van der Waals surface area (Å²) in [5.74, 6) is 0.0812. The van der Waals surface area contributed by atoms with Crippen molar-refractivity contribution in [2.24, 2.45) is 28.9 Å². The molecule has 6 atom stereocenters. The van der Waals surface area contributed by atoms with Gasteiger partial charge in [0.15, 0.2) is 6.10 Å². The van der Waals surface area contributed by atoms with Gasteiger partial charge in [0.25, 0.3) is 0 Å². The van der Waals surface area contributed by atoms with Crippen molar-refractivity contribution in [3.05, 3.63) is 0 Å². The van der Waals surface area contributed by atoms with Crippen LogP contribution in [0.4, 0.5) is 4.79 Å². The zero-order valence-electron chi connectivity index (χ0n) is 23.0. The maximum atomic E-state index is 13.7. The summed E-state index contributed by atoms with van der Waals surface area (Å²) in [6.07, 6.45) is 5.07. The van der Waals surface area contributed by atoms with E-state index in [0.29, 0.717) is 24.8 Å². The van der Waals surface area contributed by atoms with Gasteiger partial charge in [0.2, 0.25) is 11.8 Å². The number of carbonyl (C=O) groups excluding carboxylic acids is 3. The molecular weight excluding hydrogens is 460 g/mol. The van der Waals surface area contributed by atoms with E-state index in [0.717, 1.165) is 45.1 Å². The minimum absolute atomic E-state index is 0.154. The molecule has 3 aliphatic rings. The molecule has 3 rings (SSSR count). The Morgan fingerprint density at radius 2 is 1.67 bits per heavy atom. The van der Waals surface area contributed by atoms with Gasteiger partial charge in [-0.05, 0) is 63.2 Å². The highest BCUT2D eigenvalue weighted by atomic mass is 16.6. The number of nitrogens with two attached hydrogens (primary N) is 1. The zero-order valence-corrected chi connectivity index (χ0v) is 23.0. The highest BCUT2D eigenvalue weighted by Crippen LogP contribution is 2.43. The summed E-state index contributed by atoms with van der Waals surface area (Å²) in [7, 11) is 0. The van der Waals surface area contributed by atoms with E-state index in [-0.39, 0.29) is 29.3 Å². The average molecular weight is 509 g/mol. The molecule has 5 N–H and O–H groups in total. The molecule has 1 aliphatic heterocycles. The first-order valence-electron chi connectivity index (χ1n) is 13.7. The van der Waals surface area contributed by atoms with Crippen LogP contribution in [0.2, 0.25) is 0 Å². The molecule has 2 aliphatic carbocycles. The van der Waals surface area contributed by atoms with Crippen LogP contribution in [0.5, 0.6) is 0 Å². The SMILES string of the molecule is CC(C)(C)OC(=O)N[C@H](CN1C[C@@H]2CCC[C@@H]2[C@H]1C(=O)NC(CC1CCC1)C(O)C(N)=O)C(C)(C)C. The Morgan fingerprint density at radius 3 is 2.19 bits per heavy atom. The molecule has 0 aromatic carbocycles. The number of rotatable bonds is 9. The van der Waals surface area contributed by atoms with Crippen molar-refractivity contribution in [1.29, 1.82) is 0 Å². The number of primary amides is 1. The molecule has 206 valence electrons. The molecule has 1 saturated heterocycles. The van der Waals surface area contributed by atoms with Gasteiger partial charge < -0.3 is 26.2 Å². The van der Waals surface area contributed by atoms with Gasteiger partial charge in [-0.25, -0.2) is 4.79 Å². The smallest absolute Gasteiger partial charge is 0.407 e. The van der Waals surface area contributed by atoms with Crippen LogP contribution in [0.15, 0.2) is 0 Å². The number of aliphatic hydroxyl groups is 1. The number of carbonyl (C=O) groups is 3. The third-order valence-electron chi connectivity index (χ3n) is 8.22. The third-order valence-corrected chi connectivity index (χ3v) is 8.22. The number of hydrogen-bond acceptors (Lipinski definition) is 6. The van der Waals surface area contributed by atoms with Crippen molar-refractivity contribution >= 4 is 17.9 Å². The van der Waals surface area contributed by atoms with E-state index >= 15 is 0 Å². The monoisotopic (exact) mass is 508 g/mol. The van der Waals surface area contributed by atoms with E-state index in [1.54, 1.807) is 0 Å². The number of ether oxygens (including phenoxy) is 1. The minimum atomic E-state index is -1.40. The molecule has 1 heterocycles.